The molecule has 76 valence electrons. The molecular formula is C9H8IN5. The van der Waals surface area contributed by atoms with Crippen molar-refractivity contribution in [1.29, 1.82) is 0 Å². The van der Waals surface area contributed by atoms with Gasteiger partial charge in [-0.1, -0.05) is 0 Å². The zero-order chi connectivity index (χ0) is 10.4. The van der Waals surface area contributed by atoms with Crippen LogP contribution in [-0.4, -0.2) is 19.7 Å². The number of pyridine rings is 1. The maximum absolute atomic E-state index is 6.01. The molecule has 2 aromatic heterocycles. The topological polar surface area (TPSA) is 69.6 Å². The Morgan fingerprint density at radius 2 is 2.40 bits per heavy atom. The molecule has 15 heavy (non-hydrogen) atoms. The first-order valence-electron chi connectivity index (χ1n) is 4.56. The molecule has 0 bridgehead atoms. The summed E-state index contributed by atoms with van der Waals surface area (Å²) < 4.78 is 2.89. The molecule has 1 atom stereocenters. The van der Waals surface area contributed by atoms with Gasteiger partial charge in [-0.05, 0) is 40.6 Å². The van der Waals surface area contributed by atoms with E-state index in [0.717, 1.165) is 21.6 Å². The van der Waals surface area contributed by atoms with Crippen molar-refractivity contribution >= 4 is 22.6 Å². The predicted octanol–water partition coefficient (Wildman–Crippen LogP) is 0.823. The van der Waals surface area contributed by atoms with E-state index in [1.807, 2.05) is 10.8 Å². The standard InChI is InChI=1S/C9H8IN5/c10-8-2-5-1-6(11)9-14-13-4-15(9)7(5)3-12-8/h2-4,6H,1,11H2. The second-order valence-electron chi connectivity index (χ2n) is 3.51. The van der Waals surface area contributed by atoms with Gasteiger partial charge in [-0.15, -0.1) is 10.2 Å². The summed E-state index contributed by atoms with van der Waals surface area (Å²) in [6.45, 7) is 0. The predicted molar refractivity (Wildman–Crippen MR) is 62.5 cm³/mol. The van der Waals surface area contributed by atoms with Crippen molar-refractivity contribution in [1.82, 2.24) is 19.7 Å². The lowest BCUT2D eigenvalue weighted by Gasteiger charge is -2.21. The van der Waals surface area contributed by atoms with Crippen LogP contribution in [0.15, 0.2) is 18.6 Å². The van der Waals surface area contributed by atoms with Crippen LogP contribution in [0.3, 0.4) is 0 Å². The highest BCUT2D eigenvalue weighted by Crippen LogP contribution is 2.27. The molecule has 3 heterocycles. The van der Waals surface area contributed by atoms with Crippen LogP contribution in [0.25, 0.3) is 5.69 Å². The Bertz CT molecular complexity index is 521. The Hall–Kier alpha value is -1.02. The molecule has 1 unspecified atom stereocenters. The van der Waals surface area contributed by atoms with Crippen LogP contribution in [-0.2, 0) is 6.42 Å². The SMILES string of the molecule is NC1Cc2cc(I)ncc2-n2cnnc21. The number of nitrogens with two attached hydrogens (primary N) is 1. The third-order valence-corrected chi connectivity index (χ3v) is 3.13. The van der Waals surface area contributed by atoms with Crippen molar-refractivity contribution in [3.05, 3.63) is 33.7 Å². The number of fused-ring (bicyclic) bond motifs is 3. The Morgan fingerprint density at radius 3 is 3.27 bits per heavy atom. The van der Waals surface area contributed by atoms with E-state index < -0.39 is 0 Å². The second-order valence-corrected chi connectivity index (χ2v) is 4.61. The third kappa shape index (κ3) is 1.36. The first-order chi connectivity index (χ1) is 7.25. The first kappa shape index (κ1) is 9.22. The number of hydrogen-bond donors (Lipinski definition) is 1. The molecule has 6 heteroatoms. The van der Waals surface area contributed by atoms with E-state index in [2.05, 4.69) is 43.8 Å². The molecule has 0 saturated carbocycles. The smallest absolute Gasteiger partial charge is 0.154 e. The van der Waals surface area contributed by atoms with Crippen LogP contribution in [0.5, 0.6) is 0 Å². The normalized spacial score (nSPS) is 18.4. The molecule has 0 amide bonds. The Morgan fingerprint density at radius 1 is 1.53 bits per heavy atom. The lowest BCUT2D eigenvalue weighted by atomic mass is 10.0. The van der Waals surface area contributed by atoms with Gasteiger partial charge in [0.1, 0.15) is 10.0 Å². The zero-order valence-electron chi connectivity index (χ0n) is 7.76. The Kier molecular flexibility index (Phi) is 1.99. The maximum Gasteiger partial charge on any atom is 0.154 e. The molecule has 1 aliphatic rings. The summed E-state index contributed by atoms with van der Waals surface area (Å²) in [5.41, 5.74) is 8.25. The van der Waals surface area contributed by atoms with Crippen molar-refractivity contribution in [2.45, 2.75) is 12.5 Å². The van der Waals surface area contributed by atoms with Crippen molar-refractivity contribution in [3.8, 4) is 5.69 Å². The van der Waals surface area contributed by atoms with Gasteiger partial charge in [-0.3, -0.25) is 4.57 Å². The first-order valence-corrected chi connectivity index (χ1v) is 5.64. The largest absolute Gasteiger partial charge is 0.321 e. The molecule has 5 nitrogen and oxygen atoms in total. The number of rotatable bonds is 0. The van der Waals surface area contributed by atoms with Gasteiger partial charge in [0.25, 0.3) is 0 Å². The third-order valence-electron chi connectivity index (χ3n) is 2.54. The molecule has 2 aromatic rings. The van der Waals surface area contributed by atoms with Crippen LogP contribution >= 0.6 is 22.6 Å². The fourth-order valence-electron chi connectivity index (χ4n) is 1.85. The highest BCUT2D eigenvalue weighted by atomic mass is 127. The monoisotopic (exact) mass is 313 g/mol. The molecular weight excluding hydrogens is 305 g/mol. The quantitative estimate of drug-likeness (QED) is 0.577. The lowest BCUT2D eigenvalue weighted by molar-refractivity contribution is 0.620. The van der Waals surface area contributed by atoms with Crippen LogP contribution in [0.4, 0.5) is 0 Å². The molecule has 3 rings (SSSR count). The Balaban J connectivity index is 2.27. The summed E-state index contributed by atoms with van der Waals surface area (Å²) in [6.07, 6.45) is 4.32. The van der Waals surface area contributed by atoms with Gasteiger partial charge in [0.15, 0.2) is 5.82 Å². The summed E-state index contributed by atoms with van der Waals surface area (Å²) in [4.78, 5) is 4.27. The van der Waals surface area contributed by atoms with E-state index in [0.29, 0.717) is 0 Å². The summed E-state index contributed by atoms with van der Waals surface area (Å²) in [5, 5.41) is 7.90. The van der Waals surface area contributed by atoms with Gasteiger partial charge >= 0.3 is 0 Å². The lowest BCUT2D eigenvalue weighted by Crippen LogP contribution is -2.24. The fourth-order valence-corrected chi connectivity index (χ4v) is 2.37. The summed E-state index contributed by atoms with van der Waals surface area (Å²) in [6, 6.07) is 1.98. The molecule has 0 radical (unpaired) electrons. The Labute approximate surface area is 99.9 Å². The second kappa shape index (κ2) is 3.24. The molecule has 0 aromatic carbocycles. The van der Waals surface area contributed by atoms with Crippen molar-refractivity contribution in [2.24, 2.45) is 5.73 Å². The zero-order valence-corrected chi connectivity index (χ0v) is 9.92. The minimum atomic E-state index is -0.0711. The number of aromatic nitrogens is 4. The average Bonchev–Trinajstić information content (AvgIpc) is 2.66. The molecule has 0 aliphatic carbocycles. The van der Waals surface area contributed by atoms with Gasteiger partial charge in [-0.25, -0.2) is 4.98 Å². The van der Waals surface area contributed by atoms with E-state index in [4.69, 9.17) is 5.73 Å². The minimum absolute atomic E-state index is 0.0711. The van der Waals surface area contributed by atoms with Crippen molar-refractivity contribution in [3.63, 3.8) is 0 Å². The van der Waals surface area contributed by atoms with Gasteiger partial charge in [0.05, 0.1) is 17.9 Å². The summed E-state index contributed by atoms with van der Waals surface area (Å²) >= 11 is 2.20. The van der Waals surface area contributed by atoms with E-state index in [1.54, 1.807) is 6.33 Å². The molecule has 0 saturated heterocycles. The molecule has 2 N–H and O–H groups in total. The van der Waals surface area contributed by atoms with Crippen LogP contribution in [0, 0.1) is 3.70 Å². The van der Waals surface area contributed by atoms with E-state index in [-0.39, 0.29) is 6.04 Å². The van der Waals surface area contributed by atoms with Gasteiger partial charge < -0.3 is 5.73 Å². The molecule has 0 fully saturated rings. The number of nitrogens with zero attached hydrogens (tertiary/aromatic N) is 4. The van der Waals surface area contributed by atoms with Crippen LogP contribution in [0.2, 0.25) is 0 Å². The number of hydrogen-bond acceptors (Lipinski definition) is 4. The van der Waals surface area contributed by atoms with E-state index in [9.17, 15) is 0 Å². The number of halogens is 1. The minimum Gasteiger partial charge on any atom is -0.321 e. The maximum atomic E-state index is 6.01. The van der Waals surface area contributed by atoms with E-state index >= 15 is 0 Å². The summed E-state index contributed by atoms with van der Waals surface area (Å²) in [5.74, 6) is 0.811. The van der Waals surface area contributed by atoms with Gasteiger partial charge in [-0.2, -0.15) is 0 Å². The van der Waals surface area contributed by atoms with Crippen molar-refractivity contribution < 1.29 is 0 Å². The molecule has 0 spiro atoms. The van der Waals surface area contributed by atoms with Crippen molar-refractivity contribution in [2.75, 3.05) is 0 Å². The highest BCUT2D eigenvalue weighted by Gasteiger charge is 2.23. The van der Waals surface area contributed by atoms with E-state index in [1.165, 1.54) is 5.56 Å². The average molecular weight is 313 g/mol. The summed E-state index contributed by atoms with van der Waals surface area (Å²) in [7, 11) is 0. The van der Waals surface area contributed by atoms with Gasteiger partial charge in [0.2, 0.25) is 0 Å². The van der Waals surface area contributed by atoms with Crippen LogP contribution in [0.1, 0.15) is 17.4 Å². The fraction of sp³-hybridized carbons (Fsp3) is 0.222. The van der Waals surface area contributed by atoms with Gasteiger partial charge in [0, 0.05) is 0 Å². The highest BCUT2D eigenvalue weighted by molar-refractivity contribution is 14.1. The molecule has 1 aliphatic heterocycles. The van der Waals surface area contributed by atoms with Crippen LogP contribution < -0.4 is 5.73 Å².